The summed E-state index contributed by atoms with van der Waals surface area (Å²) in [5.41, 5.74) is -0.164. The summed E-state index contributed by atoms with van der Waals surface area (Å²) >= 11 is 0. The lowest BCUT2D eigenvalue weighted by atomic mass is 9.90. The lowest BCUT2D eigenvalue weighted by molar-refractivity contribution is 0.403. The Labute approximate surface area is 108 Å². The van der Waals surface area contributed by atoms with Crippen LogP contribution in [-0.4, -0.2) is 12.6 Å². The Balaban J connectivity index is 3.46. The second kappa shape index (κ2) is 8.53. The molecular formula is C15H30N2. The van der Waals surface area contributed by atoms with Crippen molar-refractivity contribution in [3.05, 3.63) is 0 Å². The van der Waals surface area contributed by atoms with Crippen molar-refractivity contribution in [1.82, 2.24) is 5.32 Å². The van der Waals surface area contributed by atoms with Gasteiger partial charge >= 0.3 is 0 Å². The van der Waals surface area contributed by atoms with Crippen molar-refractivity contribution in [3.63, 3.8) is 0 Å². The lowest BCUT2D eigenvalue weighted by Crippen LogP contribution is -2.27. The Kier molecular flexibility index (Phi) is 8.25. The van der Waals surface area contributed by atoms with Gasteiger partial charge in [-0.25, -0.2) is 0 Å². The monoisotopic (exact) mass is 238 g/mol. The maximum atomic E-state index is 8.90. The molecule has 0 aromatic rings. The molecule has 0 aliphatic heterocycles. The first kappa shape index (κ1) is 16.4. The second-order valence-electron chi connectivity index (χ2n) is 6.28. The van der Waals surface area contributed by atoms with Crippen molar-refractivity contribution in [1.29, 1.82) is 5.26 Å². The van der Waals surface area contributed by atoms with E-state index in [-0.39, 0.29) is 5.41 Å². The zero-order chi connectivity index (χ0) is 13.3. The van der Waals surface area contributed by atoms with Gasteiger partial charge in [0.2, 0.25) is 0 Å². The minimum Gasteiger partial charge on any atom is -0.314 e. The van der Waals surface area contributed by atoms with Gasteiger partial charge in [-0.1, -0.05) is 26.7 Å². The Hall–Kier alpha value is -0.550. The molecule has 0 aromatic heterocycles. The molecule has 0 heterocycles. The summed E-state index contributed by atoms with van der Waals surface area (Å²) in [5, 5.41) is 12.4. The summed E-state index contributed by atoms with van der Waals surface area (Å²) in [7, 11) is 0. The molecule has 0 spiro atoms. The van der Waals surface area contributed by atoms with Crippen LogP contribution in [0.4, 0.5) is 0 Å². The fourth-order valence-corrected chi connectivity index (χ4v) is 1.87. The molecule has 2 nitrogen and oxygen atoms in total. The van der Waals surface area contributed by atoms with Crippen molar-refractivity contribution < 1.29 is 0 Å². The molecule has 0 aliphatic carbocycles. The summed E-state index contributed by atoms with van der Waals surface area (Å²) in [6.45, 7) is 11.9. The molecule has 0 fully saturated rings. The Morgan fingerprint density at radius 3 is 2.29 bits per heavy atom. The third-order valence-electron chi connectivity index (χ3n) is 3.19. The Morgan fingerprint density at radius 2 is 1.76 bits per heavy atom. The Bertz CT molecular complexity index is 226. The number of hydrogen-bond acceptors (Lipinski definition) is 2. The number of nitrogens with one attached hydrogen (secondary N) is 1. The molecule has 1 atom stereocenters. The number of nitrogens with zero attached hydrogens (tertiary/aromatic N) is 1. The van der Waals surface area contributed by atoms with Crippen molar-refractivity contribution >= 4 is 0 Å². The molecule has 1 unspecified atom stereocenters. The highest BCUT2D eigenvalue weighted by Crippen LogP contribution is 2.20. The number of hydrogen-bond donors (Lipinski definition) is 1. The van der Waals surface area contributed by atoms with Crippen LogP contribution in [0.2, 0.25) is 0 Å². The summed E-state index contributed by atoms with van der Waals surface area (Å²) in [6.07, 6.45) is 5.98. The standard InChI is InChI=1S/C15H30N2/c1-13(2)8-6-9-14(3)17-11-7-10-15(4,5)12-16/h13-14,17H,6-11H2,1-5H3. The highest BCUT2D eigenvalue weighted by Gasteiger charge is 2.15. The van der Waals surface area contributed by atoms with Gasteiger partial charge in [-0.2, -0.15) is 5.26 Å². The first-order valence-corrected chi connectivity index (χ1v) is 7.02. The van der Waals surface area contributed by atoms with Gasteiger partial charge in [0, 0.05) is 6.04 Å². The topological polar surface area (TPSA) is 35.8 Å². The normalized spacial score (nSPS) is 13.7. The minimum atomic E-state index is -0.164. The molecule has 0 aromatic carbocycles. The predicted octanol–water partition coefficient (Wildman–Crippen LogP) is 4.12. The van der Waals surface area contributed by atoms with Gasteiger partial charge in [0.1, 0.15) is 0 Å². The molecule has 1 N–H and O–H groups in total. The van der Waals surface area contributed by atoms with Gasteiger partial charge in [-0.15, -0.1) is 0 Å². The third-order valence-corrected chi connectivity index (χ3v) is 3.19. The molecule has 17 heavy (non-hydrogen) atoms. The lowest BCUT2D eigenvalue weighted by Gasteiger charge is -2.17. The van der Waals surface area contributed by atoms with E-state index >= 15 is 0 Å². The van der Waals surface area contributed by atoms with Crippen LogP contribution in [0.25, 0.3) is 0 Å². The Morgan fingerprint density at radius 1 is 1.12 bits per heavy atom. The van der Waals surface area contributed by atoms with E-state index in [1.807, 2.05) is 13.8 Å². The van der Waals surface area contributed by atoms with Crippen molar-refractivity contribution in [2.24, 2.45) is 11.3 Å². The van der Waals surface area contributed by atoms with Crippen LogP contribution in [0.3, 0.4) is 0 Å². The average Bonchev–Trinajstić information content (AvgIpc) is 2.24. The van der Waals surface area contributed by atoms with E-state index in [1.54, 1.807) is 0 Å². The molecule has 0 saturated heterocycles. The van der Waals surface area contributed by atoms with Gasteiger partial charge in [-0.05, 0) is 52.5 Å². The molecule has 0 aliphatic rings. The van der Waals surface area contributed by atoms with Gasteiger partial charge in [0.25, 0.3) is 0 Å². The smallest absolute Gasteiger partial charge is 0.0683 e. The van der Waals surface area contributed by atoms with Gasteiger partial charge in [0.15, 0.2) is 0 Å². The van der Waals surface area contributed by atoms with E-state index in [0.29, 0.717) is 6.04 Å². The van der Waals surface area contributed by atoms with Crippen LogP contribution in [-0.2, 0) is 0 Å². The van der Waals surface area contributed by atoms with Crippen molar-refractivity contribution in [2.75, 3.05) is 6.54 Å². The maximum absolute atomic E-state index is 8.90. The van der Waals surface area contributed by atoms with E-state index in [1.165, 1.54) is 19.3 Å². The van der Waals surface area contributed by atoms with E-state index in [0.717, 1.165) is 25.3 Å². The average molecular weight is 238 g/mol. The molecule has 0 bridgehead atoms. The van der Waals surface area contributed by atoms with E-state index in [4.69, 9.17) is 5.26 Å². The van der Waals surface area contributed by atoms with E-state index in [9.17, 15) is 0 Å². The zero-order valence-electron chi connectivity index (χ0n) is 12.3. The SMILES string of the molecule is CC(C)CCCC(C)NCCCC(C)(C)C#N. The van der Waals surface area contributed by atoms with Crippen LogP contribution >= 0.6 is 0 Å². The zero-order valence-corrected chi connectivity index (χ0v) is 12.3. The van der Waals surface area contributed by atoms with Gasteiger partial charge in [0.05, 0.1) is 11.5 Å². The fourth-order valence-electron chi connectivity index (χ4n) is 1.87. The van der Waals surface area contributed by atoms with Gasteiger partial charge in [-0.3, -0.25) is 0 Å². The van der Waals surface area contributed by atoms with Crippen molar-refractivity contribution in [2.45, 2.75) is 72.8 Å². The van der Waals surface area contributed by atoms with Crippen LogP contribution in [0.1, 0.15) is 66.7 Å². The summed E-state index contributed by atoms with van der Waals surface area (Å²) in [5.74, 6) is 0.818. The minimum absolute atomic E-state index is 0.164. The molecule has 2 heteroatoms. The first-order valence-electron chi connectivity index (χ1n) is 7.02. The van der Waals surface area contributed by atoms with E-state index in [2.05, 4.69) is 32.2 Å². The van der Waals surface area contributed by atoms with Crippen molar-refractivity contribution in [3.8, 4) is 6.07 Å². The predicted molar refractivity (Wildman–Crippen MR) is 74.8 cm³/mol. The van der Waals surface area contributed by atoms with Gasteiger partial charge < -0.3 is 5.32 Å². The molecule has 100 valence electrons. The largest absolute Gasteiger partial charge is 0.314 e. The van der Waals surface area contributed by atoms with Crippen LogP contribution in [0.15, 0.2) is 0 Å². The molecule has 0 rings (SSSR count). The number of nitriles is 1. The second-order valence-corrected chi connectivity index (χ2v) is 6.28. The van der Waals surface area contributed by atoms with Crippen LogP contribution < -0.4 is 5.32 Å². The quantitative estimate of drug-likeness (QED) is 0.613. The number of rotatable bonds is 9. The highest BCUT2D eigenvalue weighted by atomic mass is 14.9. The summed E-state index contributed by atoms with van der Waals surface area (Å²) in [4.78, 5) is 0. The molecule has 0 radical (unpaired) electrons. The summed E-state index contributed by atoms with van der Waals surface area (Å²) in [6, 6.07) is 2.96. The fraction of sp³-hybridized carbons (Fsp3) is 0.933. The first-order chi connectivity index (χ1) is 7.87. The molecule has 0 amide bonds. The third kappa shape index (κ3) is 10.3. The highest BCUT2D eigenvalue weighted by molar-refractivity contribution is 4.91. The summed E-state index contributed by atoms with van der Waals surface area (Å²) < 4.78 is 0. The van der Waals surface area contributed by atoms with Crippen LogP contribution in [0, 0.1) is 22.7 Å². The molecular weight excluding hydrogens is 208 g/mol. The van der Waals surface area contributed by atoms with E-state index < -0.39 is 0 Å². The van der Waals surface area contributed by atoms with Crippen LogP contribution in [0.5, 0.6) is 0 Å². The maximum Gasteiger partial charge on any atom is 0.0683 e. The molecule has 0 saturated carbocycles.